The number of likely N-dealkylation sites (tertiary alicyclic amines) is 1. The summed E-state index contributed by atoms with van der Waals surface area (Å²) in [6.07, 6.45) is 7.63. The summed E-state index contributed by atoms with van der Waals surface area (Å²) in [5.41, 5.74) is 4.70. The van der Waals surface area contributed by atoms with Crippen molar-refractivity contribution < 1.29 is 4.42 Å². The number of benzene rings is 1. The highest BCUT2D eigenvalue weighted by atomic mass is 16.3. The number of aromatic nitrogens is 4. The molecule has 4 aromatic rings. The molecule has 2 aliphatic rings. The highest BCUT2D eigenvalue weighted by Crippen LogP contribution is 2.44. The van der Waals surface area contributed by atoms with Crippen LogP contribution in [0.2, 0.25) is 0 Å². The van der Waals surface area contributed by atoms with Gasteiger partial charge in [0.2, 0.25) is 5.89 Å². The Bertz CT molecular complexity index is 1150. The zero-order valence-corrected chi connectivity index (χ0v) is 15.6. The first-order chi connectivity index (χ1) is 13.8. The second kappa shape index (κ2) is 6.01. The summed E-state index contributed by atoms with van der Waals surface area (Å²) in [5, 5.41) is 6.07. The van der Waals surface area contributed by atoms with E-state index in [9.17, 15) is 0 Å². The predicted octanol–water partition coefficient (Wildman–Crippen LogP) is 3.63. The average Bonchev–Trinajstić information content (AvgIpc) is 3.50. The maximum absolute atomic E-state index is 5.44. The van der Waals surface area contributed by atoms with Crippen LogP contribution in [-0.2, 0) is 18.5 Å². The summed E-state index contributed by atoms with van der Waals surface area (Å²) in [4.78, 5) is 11.3. The Morgan fingerprint density at radius 3 is 2.93 bits per heavy atom. The Hall–Kier alpha value is -2.99. The van der Waals surface area contributed by atoms with Gasteiger partial charge < -0.3 is 4.42 Å². The maximum atomic E-state index is 5.44. The molecule has 1 spiro atoms. The van der Waals surface area contributed by atoms with Crippen LogP contribution in [0.4, 0.5) is 0 Å². The van der Waals surface area contributed by atoms with E-state index in [1.165, 1.54) is 5.69 Å². The van der Waals surface area contributed by atoms with E-state index >= 15 is 0 Å². The molecule has 1 fully saturated rings. The fourth-order valence-electron chi connectivity index (χ4n) is 4.84. The summed E-state index contributed by atoms with van der Waals surface area (Å²) in [6.45, 7) is 3.88. The van der Waals surface area contributed by atoms with Crippen LogP contribution in [0.1, 0.15) is 24.4 Å². The van der Waals surface area contributed by atoms with E-state index in [-0.39, 0.29) is 5.41 Å². The molecule has 3 aromatic heterocycles. The Morgan fingerprint density at radius 2 is 2.00 bits per heavy atom. The van der Waals surface area contributed by atoms with Gasteiger partial charge >= 0.3 is 0 Å². The molecule has 0 amide bonds. The third-order valence-electron chi connectivity index (χ3n) is 6.29. The molecule has 0 aliphatic carbocycles. The van der Waals surface area contributed by atoms with Crippen molar-refractivity contribution in [2.75, 3.05) is 13.1 Å². The van der Waals surface area contributed by atoms with E-state index in [0.29, 0.717) is 0 Å². The van der Waals surface area contributed by atoms with Crippen molar-refractivity contribution in [3.8, 4) is 11.3 Å². The van der Waals surface area contributed by atoms with Crippen LogP contribution in [0.5, 0.6) is 0 Å². The normalized spacial score (nSPS) is 21.7. The summed E-state index contributed by atoms with van der Waals surface area (Å²) >= 11 is 0. The molecule has 140 valence electrons. The first-order valence-electron chi connectivity index (χ1n) is 9.83. The number of hydrogen-bond acceptors (Lipinski definition) is 5. The van der Waals surface area contributed by atoms with Gasteiger partial charge in [-0.3, -0.25) is 14.6 Å². The molecule has 0 bridgehead atoms. The molecule has 0 radical (unpaired) electrons. The van der Waals surface area contributed by atoms with Gasteiger partial charge in [0.05, 0.1) is 24.0 Å². The van der Waals surface area contributed by atoms with Crippen molar-refractivity contribution in [2.24, 2.45) is 0 Å². The van der Waals surface area contributed by atoms with Gasteiger partial charge in [0.15, 0.2) is 0 Å². The van der Waals surface area contributed by atoms with E-state index in [4.69, 9.17) is 9.52 Å². The number of pyridine rings is 1. The quantitative estimate of drug-likeness (QED) is 0.550. The molecular formula is C22H21N5O. The zero-order valence-electron chi connectivity index (χ0n) is 15.6. The SMILES string of the molecule is c1ccc2ncc(-c3cc4n(n3)CCC43CCN(Cc4ncco4)C3)cc2c1. The smallest absolute Gasteiger partial charge is 0.208 e. The third kappa shape index (κ3) is 2.48. The lowest BCUT2D eigenvalue weighted by molar-refractivity contribution is 0.270. The Morgan fingerprint density at radius 1 is 1.07 bits per heavy atom. The van der Waals surface area contributed by atoms with Gasteiger partial charge in [-0.05, 0) is 37.6 Å². The average molecular weight is 371 g/mol. The molecule has 1 aromatic carbocycles. The molecule has 6 rings (SSSR count). The maximum Gasteiger partial charge on any atom is 0.208 e. The Labute approximate surface area is 162 Å². The summed E-state index contributed by atoms with van der Waals surface area (Å²) < 4.78 is 7.64. The van der Waals surface area contributed by atoms with Crippen LogP contribution in [-0.4, -0.2) is 37.7 Å². The molecule has 28 heavy (non-hydrogen) atoms. The Balaban J connectivity index is 1.30. The standard InChI is InChI=1S/C22H21N5O/c1-2-4-18-16(3-1)11-17(13-24-18)19-12-20-22(6-9-27(20)25-19)5-8-26(15-22)14-21-23-7-10-28-21/h1-4,7,10-13H,5-6,8-9,14-15H2. The van der Waals surface area contributed by atoms with Crippen molar-refractivity contribution in [3.63, 3.8) is 0 Å². The van der Waals surface area contributed by atoms with Crippen molar-refractivity contribution in [1.82, 2.24) is 24.6 Å². The number of hydrogen-bond donors (Lipinski definition) is 0. The minimum absolute atomic E-state index is 0.197. The molecule has 0 N–H and O–H groups in total. The Kier molecular flexibility index (Phi) is 3.43. The van der Waals surface area contributed by atoms with Crippen molar-refractivity contribution in [1.29, 1.82) is 0 Å². The molecule has 1 atom stereocenters. The van der Waals surface area contributed by atoms with Crippen LogP contribution in [0, 0.1) is 0 Å². The first-order valence-corrected chi connectivity index (χ1v) is 9.83. The summed E-state index contributed by atoms with van der Waals surface area (Å²) in [7, 11) is 0. The molecule has 6 nitrogen and oxygen atoms in total. The molecular weight excluding hydrogens is 350 g/mol. The number of oxazole rings is 1. The molecule has 1 saturated heterocycles. The van der Waals surface area contributed by atoms with E-state index < -0.39 is 0 Å². The van der Waals surface area contributed by atoms with Crippen LogP contribution in [0.25, 0.3) is 22.2 Å². The molecule has 6 heteroatoms. The fraction of sp³-hybridized carbons (Fsp3) is 0.318. The van der Waals surface area contributed by atoms with Crippen LogP contribution in [0.15, 0.2) is 59.5 Å². The molecule has 0 saturated carbocycles. The van der Waals surface area contributed by atoms with Crippen molar-refractivity contribution in [3.05, 3.63) is 66.6 Å². The van der Waals surface area contributed by atoms with Crippen LogP contribution >= 0.6 is 0 Å². The van der Waals surface area contributed by atoms with Gasteiger partial charge in [0.25, 0.3) is 0 Å². The number of nitrogens with zero attached hydrogens (tertiary/aromatic N) is 5. The summed E-state index contributed by atoms with van der Waals surface area (Å²) in [6, 6.07) is 12.7. The van der Waals surface area contributed by atoms with E-state index in [1.807, 2.05) is 18.3 Å². The molecule has 5 heterocycles. The number of aryl methyl sites for hydroxylation is 1. The highest BCUT2D eigenvalue weighted by Gasteiger charge is 2.45. The third-order valence-corrected chi connectivity index (χ3v) is 6.29. The second-order valence-corrected chi connectivity index (χ2v) is 7.97. The van der Waals surface area contributed by atoms with Gasteiger partial charge in [-0.25, -0.2) is 4.98 Å². The van der Waals surface area contributed by atoms with Gasteiger partial charge in [-0.15, -0.1) is 0 Å². The second-order valence-electron chi connectivity index (χ2n) is 7.97. The minimum Gasteiger partial charge on any atom is -0.448 e. The lowest BCUT2D eigenvalue weighted by Gasteiger charge is -2.22. The van der Waals surface area contributed by atoms with Gasteiger partial charge in [-0.1, -0.05) is 18.2 Å². The van der Waals surface area contributed by atoms with E-state index in [2.05, 4.69) is 43.8 Å². The van der Waals surface area contributed by atoms with E-state index in [1.54, 1.807) is 12.5 Å². The van der Waals surface area contributed by atoms with Gasteiger partial charge in [0, 0.05) is 41.3 Å². The topological polar surface area (TPSA) is 60.0 Å². The van der Waals surface area contributed by atoms with Crippen LogP contribution in [0.3, 0.4) is 0 Å². The lowest BCUT2D eigenvalue weighted by atomic mass is 9.82. The van der Waals surface area contributed by atoms with Crippen LogP contribution < -0.4 is 0 Å². The van der Waals surface area contributed by atoms with Crippen molar-refractivity contribution in [2.45, 2.75) is 31.3 Å². The van der Waals surface area contributed by atoms with Crippen molar-refractivity contribution >= 4 is 10.9 Å². The van der Waals surface area contributed by atoms with Gasteiger partial charge in [-0.2, -0.15) is 5.10 Å². The lowest BCUT2D eigenvalue weighted by Crippen LogP contribution is -2.28. The highest BCUT2D eigenvalue weighted by molar-refractivity contribution is 5.82. The van der Waals surface area contributed by atoms with Gasteiger partial charge in [0.1, 0.15) is 6.26 Å². The number of fused-ring (bicyclic) bond motifs is 3. The van der Waals surface area contributed by atoms with E-state index in [0.717, 1.165) is 67.1 Å². The largest absolute Gasteiger partial charge is 0.448 e. The predicted molar refractivity (Wildman–Crippen MR) is 106 cm³/mol. The number of para-hydroxylation sites is 1. The fourth-order valence-corrected chi connectivity index (χ4v) is 4.84. The molecule has 1 unspecified atom stereocenters. The number of rotatable bonds is 3. The summed E-state index contributed by atoms with van der Waals surface area (Å²) in [5.74, 6) is 0.798. The zero-order chi connectivity index (χ0) is 18.6. The molecule has 2 aliphatic heterocycles. The monoisotopic (exact) mass is 371 g/mol. The first kappa shape index (κ1) is 16.0. The minimum atomic E-state index is 0.197.